The van der Waals surface area contributed by atoms with Crippen molar-refractivity contribution in [3.8, 4) is 0 Å². The molecule has 2 heterocycles. The van der Waals surface area contributed by atoms with Crippen LogP contribution < -0.4 is 10.2 Å². The molecule has 32 heavy (non-hydrogen) atoms. The standard InChI is InChI=1S/C21H12F3N3O2S3/c22-21(23,24)14-2-1-3-15(11-14)27-18(29)16(32-20(27)30)10-12-4-6-13(7-5-12)17(28)26-19-25-8-9-31-19/h1-11H,(H,25,26,28). The van der Waals surface area contributed by atoms with Crippen molar-refractivity contribution in [2.75, 3.05) is 10.2 Å². The Morgan fingerprint density at radius 2 is 1.91 bits per heavy atom. The molecule has 1 N–H and O–H groups in total. The molecule has 0 bridgehead atoms. The molecule has 1 aliphatic rings. The predicted octanol–water partition coefficient (Wildman–Crippen LogP) is 5.82. The number of halogens is 3. The molecule has 1 aliphatic heterocycles. The van der Waals surface area contributed by atoms with Crippen molar-refractivity contribution in [1.29, 1.82) is 0 Å². The van der Waals surface area contributed by atoms with Gasteiger partial charge in [0.1, 0.15) is 0 Å². The lowest BCUT2D eigenvalue weighted by atomic mass is 10.1. The van der Waals surface area contributed by atoms with E-state index in [0.717, 1.165) is 28.8 Å². The van der Waals surface area contributed by atoms with Crippen LogP contribution in [-0.2, 0) is 11.0 Å². The SMILES string of the molecule is O=C(Nc1nccs1)c1ccc(C=C2SC(=S)N(c3cccc(C(F)(F)F)c3)C2=O)cc1. The number of nitrogens with zero attached hydrogens (tertiary/aromatic N) is 2. The van der Waals surface area contributed by atoms with Crippen LogP contribution in [0.2, 0.25) is 0 Å². The van der Waals surface area contributed by atoms with Gasteiger partial charge in [-0.2, -0.15) is 13.2 Å². The van der Waals surface area contributed by atoms with Gasteiger partial charge in [-0.25, -0.2) is 4.98 Å². The smallest absolute Gasteiger partial charge is 0.298 e. The normalized spacial score (nSPS) is 15.5. The third-order valence-corrected chi connectivity index (χ3v) is 6.34. The molecule has 4 rings (SSSR count). The Morgan fingerprint density at radius 3 is 2.56 bits per heavy atom. The number of benzene rings is 2. The zero-order valence-electron chi connectivity index (χ0n) is 15.9. The monoisotopic (exact) mass is 491 g/mol. The topological polar surface area (TPSA) is 62.3 Å². The Bertz CT molecular complexity index is 1220. The van der Waals surface area contributed by atoms with Crippen molar-refractivity contribution >= 4 is 68.3 Å². The highest BCUT2D eigenvalue weighted by atomic mass is 32.2. The maximum Gasteiger partial charge on any atom is 0.416 e. The van der Waals surface area contributed by atoms with Crippen molar-refractivity contribution in [3.05, 3.63) is 81.7 Å². The number of thioether (sulfide) groups is 1. The molecule has 0 aliphatic carbocycles. The first-order chi connectivity index (χ1) is 15.2. The van der Waals surface area contributed by atoms with Crippen LogP contribution in [0.25, 0.3) is 6.08 Å². The zero-order valence-corrected chi connectivity index (χ0v) is 18.4. The molecule has 11 heteroatoms. The highest BCUT2D eigenvalue weighted by Gasteiger charge is 2.36. The number of thiazole rings is 1. The summed E-state index contributed by atoms with van der Waals surface area (Å²) in [6.45, 7) is 0. The number of carbonyl (C=O) groups is 2. The number of anilines is 2. The van der Waals surface area contributed by atoms with E-state index in [1.807, 2.05) is 0 Å². The molecule has 162 valence electrons. The number of thiocarbonyl (C=S) groups is 1. The fraction of sp³-hybridized carbons (Fsp3) is 0.0476. The summed E-state index contributed by atoms with van der Waals surface area (Å²) in [5.74, 6) is -0.827. The minimum Gasteiger partial charge on any atom is -0.298 e. The van der Waals surface area contributed by atoms with Crippen LogP contribution in [0.15, 0.2) is 65.0 Å². The molecular formula is C21H12F3N3O2S3. The second-order valence-corrected chi connectivity index (χ2v) is 9.05. The molecule has 1 aromatic heterocycles. The van der Waals surface area contributed by atoms with Crippen LogP contribution in [0.3, 0.4) is 0 Å². The third kappa shape index (κ3) is 4.74. The first kappa shape index (κ1) is 22.2. The summed E-state index contributed by atoms with van der Waals surface area (Å²) in [5, 5.41) is 4.90. The van der Waals surface area contributed by atoms with Gasteiger partial charge in [-0.1, -0.05) is 42.2 Å². The summed E-state index contributed by atoms with van der Waals surface area (Å²) in [7, 11) is 0. The van der Waals surface area contributed by atoms with Crippen LogP contribution in [0.1, 0.15) is 21.5 Å². The average molecular weight is 492 g/mol. The summed E-state index contributed by atoms with van der Waals surface area (Å²) in [6, 6.07) is 11.0. The second kappa shape index (κ2) is 8.85. The fourth-order valence-electron chi connectivity index (χ4n) is 2.85. The minimum atomic E-state index is -4.53. The van der Waals surface area contributed by atoms with Gasteiger partial charge in [0.05, 0.1) is 16.2 Å². The molecule has 0 saturated carbocycles. The predicted molar refractivity (Wildman–Crippen MR) is 124 cm³/mol. The fourth-order valence-corrected chi connectivity index (χ4v) is 4.67. The van der Waals surface area contributed by atoms with Gasteiger partial charge in [-0.05, 0) is 42.0 Å². The van der Waals surface area contributed by atoms with Gasteiger partial charge < -0.3 is 0 Å². The molecule has 0 radical (unpaired) electrons. The Balaban J connectivity index is 1.52. The Labute approximate surface area is 194 Å². The van der Waals surface area contributed by atoms with Crippen LogP contribution in [-0.4, -0.2) is 21.1 Å². The number of hydrogen-bond donors (Lipinski definition) is 1. The maximum atomic E-state index is 13.0. The molecule has 1 fully saturated rings. The minimum absolute atomic E-state index is 0.0555. The highest BCUT2D eigenvalue weighted by Crippen LogP contribution is 2.38. The van der Waals surface area contributed by atoms with Crippen LogP contribution >= 0.6 is 35.3 Å². The van der Waals surface area contributed by atoms with Gasteiger partial charge in [-0.15, -0.1) is 11.3 Å². The van der Waals surface area contributed by atoms with Crippen molar-refractivity contribution in [1.82, 2.24) is 4.98 Å². The number of rotatable bonds is 4. The number of carbonyl (C=O) groups excluding carboxylic acids is 2. The quantitative estimate of drug-likeness (QED) is 0.368. The number of aromatic nitrogens is 1. The molecule has 3 aromatic rings. The summed E-state index contributed by atoms with van der Waals surface area (Å²) in [4.78, 5) is 30.4. The van der Waals surface area contributed by atoms with Crippen molar-refractivity contribution in [2.45, 2.75) is 6.18 Å². The largest absolute Gasteiger partial charge is 0.416 e. The van der Waals surface area contributed by atoms with Gasteiger partial charge >= 0.3 is 6.18 Å². The van der Waals surface area contributed by atoms with Gasteiger partial charge in [0.25, 0.3) is 11.8 Å². The van der Waals surface area contributed by atoms with Crippen LogP contribution in [0.4, 0.5) is 24.0 Å². The molecular weight excluding hydrogens is 479 g/mol. The number of amides is 2. The van der Waals surface area contributed by atoms with E-state index in [1.165, 1.54) is 23.5 Å². The second-order valence-electron chi connectivity index (χ2n) is 6.48. The van der Waals surface area contributed by atoms with Gasteiger partial charge in [0.15, 0.2) is 9.45 Å². The average Bonchev–Trinajstić information content (AvgIpc) is 3.35. The van der Waals surface area contributed by atoms with Crippen molar-refractivity contribution in [3.63, 3.8) is 0 Å². The summed E-state index contributed by atoms with van der Waals surface area (Å²) in [6.07, 6.45) is -1.37. The van der Waals surface area contributed by atoms with Crippen molar-refractivity contribution in [2.24, 2.45) is 0 Å². The first-order valence-corrected chi connectivity index (χ1v) is 11.1. The van der Waals surface area contributed by atoms with E-state index in [9.17, 15) is 22.8 Å². The van der Waals surface area contributed by atoms with Crippen LogP contribution in [0.5, 0.6) is 0 Å². The number of alkyl halides is 3. The molecule has 2 amide bonds. The third-order valence-electron chi connectivity index (χ3n) is 4.35. The molecule has 0 atom stereocenters. The lowest BCUT2D eigenvalue weighted by molar-refractivity contribution is -0.137. The van der Waals surface area contributed by atoms with Gasteiger partial charge in [0.2, 0.25) is 0 Å². The lowest BCUT2D eigenvalue weighted by Crippen LogP contribution is -2.27. The summed E-state index contributed by atoms with van der Waals surface area (Å²) in [5.41, 5.74) is 0.244. The van der Waals surface area contributed by atoms with E-state index in [1.54, 1.807) is 41.9 Å². The Kier molecular flexibility index (Phi) is 6.13. The zero-order chi connectivity index (χ0) is 22.9. The molecule has 0 unspecified atom stereocenters. The summed E-state index contributed by atoms with van der Waals surface area (Å²) >= 11 is 7.53. The first-order valence-electron chi connectivity index (χ1n) is 8.98. The van der Waals surface area contributed by atoms with E-state index in [0.29, 0.717) is 16.3 Å². The molecule has 5 nitrogen and oxygen atoms in total. The molecule has 1 saturated heterocycles. The van der Waals surface area contributed by atoms with E-state index in [-0.39, 0.29) is 20.8 Å². The molecule has 0 spiro atoms. The Morgan fingerprint density at radius 1 is 1.16 bits per heavy atom. The van der Waals surface area contributed by atoms with E-state index in [4.69, 9.17) is 12.2 Å². The number of hydrogen-bond acceptors (Lipinski definition) is 6. The van der Waals surface area contributed by atoms with Crippen LogP contribution in [0, 0.1) is 0 Å². The van der Waals surface area contributed by atoms with E-state index >= 15 is 0 Å². The Hall–Kier alpha value is -3.02. The van der Waals surface area contributed by atoms with Gasteiger partial charge in [-0.3, -0.25) is 19.8 Å². The lowest BCUT2D eigenvalue weighted by Gasteiger charge is -2.16. The van der Waals surface area contributed by atoms with E-state index in [2.05, 4.69) is 10.3 Å². The van der Waals surface area contributed by atoms with Crippen molar-refractivity contribution < 1.29 is 22.8 Å². The maximum absolute atomic E-state index is 13.0. The van der Waals surface area contributed by atoms with E-state index < -0.39 is 17.6 Å². The van der Waals surface area contributed by atoms with Gasteiger partial charge in [0, 0.05) is 17.1 Å². The summed E-state index contributed by atoms with van der Waals surface area (Å²) < 4.78 is 39.2. The number of nitrogens with one attached hydrogen (secondary N) is 1. The highest BCUT2D eigenvalue weighted by molar-refractivity contribution is 8.27. The molecule has 2 aromatic carbocycles.